The Kier molecular flexibility index (Phi) is 4.14. The Morgan fingerprint density at radius 3 is 2.79 bits per heavy atom. The van der Waals surface area contributed by atoms with Gasteiger partial charge >= 0.3 is 0 Å². The third kappa shape index (κ3) is 3.69. The van der Waals surface area contributed by atoms with Crippen molar-refractivity contribution in [2.75, 3.05) is 5.73 Å². The van der Waals surface area contributed by atoms with Crippen LogP contribution in [0.3, 0.4) is 0 Å². The van der Waals surface area contributed by atoms with E-state index in [0.29, 0.717) is 23.5 Å². The van der Waals surface area contributed by atoms with Crippen LogP contribution in [0.15, 0.2) is 18.2 Å². The molecule has 1 saturated carbocycles. The Balaban J connectivity index is 1.97. The van der Waals surface area contributed by atoms with Crippen molar-refractivity contribution in [2.24, 2.45) is 11.3 Å². The summed E-state index contributed by atoms with van der Waals surface area (Å²) in [5.74, 6) is 0.324. The summed E-state index contributed by atoms with van der Waals surface area (Å²) in [6.45, 7) is 7.13. The first-order chi connectivity index (χ1) is 8.87. The molecule has 1 aliphatic rings. The van der Waals surface area contributed by atoms with Crippen LogP contribution in [0.1, 0.15) is 45.6 Å². The van der Waals surface area contributed by atoms with E-state index in [0.717, 1.165) is 12.8 Å². The molecule has 0 heterocycles. The number of nitrogens with two attached hydrogens (primary N) is 1. The maximum absolute atomic E-state index is 13.8. The number of ether oxygens (including phenoxy) is 1. The molecule has 2 atom stereocenters. The molecule has 1 aromatic carbocycles. The fourth-order valence-electron chi connectivity index (χ4n) is 3.30. The van der Waals surface area contributed by atoms with Gasteiger partial charge in [0.2, 0.25) is 0 Å². The zero-order chi connectivity index (χ0) is 14.0. The lowest BCUT2D eigenvalue weighted by molar-refractivity contribution is -0.0323. The van der Waals surface area contributed by atoms with Crippen molar-refractivity contribution in [3.8, 4) is 0 Å². The van der Waals surface area contributed by atoms with Gasteiger partial charge in [-0.25, -0.2) is 4.39 Å². The van der Waals surface area contributed by atoms with E-state index < -0.39 is 0 Å². The summed E-state index contributed by atoms with van der Waals surface area (Å²) < 4.78 is 19.7. The lowest BCUT2D eigenvalue weighted by Gasteiger charge is -2.38. The van der Waals surface area contributed by atoms with Crippen molar-refractivity contribution >= 4 is 5.69 Å². The molecule has 0 bridgehead atoms. The molecule has 0 spiro atoms. The van der Waals surface area contributed by atoms with Crippen LogP contribution in [0.4, 0.5) is 10.1 Å². The van der Waals surface area contributed by atoms with Crippen LogP contribution in [0.5, 0.6) is 0 Å². The second kappa shape index (κ2) is 5.49. The Morgan fingerprint density at radius 1 is 1.37 bits per heavy atom. The molecule has 0 saturated heterocycles. The monoisotopic (exact) mass is 265 g/mol. The zero-order valence-corrected chi connectivity index (χ0v) is 12.1. The zero-order valence-electron chi connectivity index (χ0n) is 12.1. The topological polar surface area (TPSA) is 35.2 Å². The minimum absolute atomic E-state index is 0.193. The standard InChI is InChI=1S/C16H24FNO/c1-11-7-13(9-16(2,3)8-11)19-10-12-5-4-6-14(18)15(12)17/h4-6,11,13H,7-10,18H2,1-3H3. The number of hydrogen-bond acceptors (Lipinski definition) is 2. The van der Waals surface area contributed by atoms with Crippen LogP contribution in [0, 0.1) is 17.2 Å². The van der Waals surface area contributed by atoms with Gasteiger partial charge in [-0.05, 0) is 36.7 Å². The molecule has 0 amide bonds. The molecule has 19 heavy (non-hydrogen) atoms. The third-order valence-electron chi connectivity index (χ3n) is 3.93. The normalized spacial score (nSPS) is 26.3. The Labute approximate surface area is 115 Å². The highest BCUT2D eigenvalue weighted by molar-refractivity contribution is 5.42. The molecule has 2 N–H and O–H groups in total. The van der Waals surface area contributed by atoms with Crippen molar-refractivity contribution in [3.05, 3.63) is 29.6 Å². The van der Waals surface area contributed by atoms with Crippen LogP contribution in [-0.2, 0) is 11.3 Å². The van der Waals surface area contributed by atoms with Crippen molar-refractivity contribution in [1.82, 2.24) is 0 Å². The van der Waals surface area contributed by atoms with E-state index in [1.165, 1.54) is 6.42 Å². The first kappa shape index (κ1) is 14.3. The molecular weight excluding hydrogens is 241 g/mol. The third-order valence-corrected chi connectivity index (χ3v) is 3.93. The number of benzene rings is 1. The molecule has 2 rings (SSSR count). The molecule has 2 nitrogen and oxygen atoms in total. The van der Waals surface area contributed by atoms with E-state index in [1.807, 2.05) is 0 Å². The molecular formula is C16H24FNO. The molecule has 1 aliphatic carbocycles. The van der Waals surface area contributed by atoms with Crippen LogP contribution in [-0.4, -0.2) is 6.10 Å². The van der Waals surface area contributed by atoms with Crippen LogP contribution >= 0.6 is 0 Å². The average molecular weight is 265 g/mol. The second-order valence-electron chi connectivity index (χ2n) is 6.67. The van der Waals surface area contributed by atoms with Gasteiger partial charge in [0, 0.05) is 5.56 Å². The van der Waals surface area contributed by atoms with Crippen molar-refractivity contribution in [1.29, 1.82) is 0 Å². The maximum Gasteiger partial charge on any atom is 0.151 e. The summed E-state index contributed by atoms with van der Waals surface area (Å²) in [7, 11) is 0. The van der Waals surface area contributed by atoms with Gasteiger partial charge in [0.1, 0.15) is 0 Å². The molecule has 0 aliphatic heterocycles. The van der Waals surface area contributed by atoms with Gasteiger partial charge in [-0.3, -0.25) is 0 Å². The van der Waals surface area contributed by atoms with Crippen molar-refractivity contribution in [2.45, 2.75) is 52.7 Å². The summed E-state index contributed by atoms with van der Waals surface area (Å²) in [5, 5.41) is 0. The van der Waals surface area contributed by atoms with Gasteiger partial charge < -0.3 is 10.5 Å². The summed E-state index contributed by atoms with van der Waals surface area (Å²) in [4.78, 5) is 0. The lowest BCUT2D eigenvalue weighted by atomic mass is 9.71. The number of nitrogen functional groups attached to an aromatic ring is 1. The molecule has 3 heteroatoms. The predicted octanol–water partition coefficient (Wildman–Crippen LogP) is 4.14. The average Bonchev–Trinajstić information content (AvgIpc) is 2.28. The van der Waals surface area contributed by atoms with Gasteiger partial charge in [-0.1, -0.05) is 32.9 Å². The Bertz CT molecular complexity index is 444. The number of hydrogen-bond donors (Lipinski definition) is 1. The fourth-order valence-corrected chi connectivity index (χ4v) is 3.30. The molecule has 1 fully saturated rings. The molecule has 0 aromatic heterocycles. The predicted molar refractivity (Wildman–Crippen MR) is 76.2 cm³/mol. The van der Waals surface area contributed by atoms with Gasteiger partial charge in [0.25, 0.3) is 0 Å². The van der Waals surface area contributed by atoms with E-state index in [9.17, 15) is 4.39 Å². The fraction of sp³-hybridized carbons (Fsp3) is 0.625. The smallest absolute Gasteiger partial charge is 0.151 e. The van der Waals surface area contributed by atoms with E-state index in [1.54, 1.807) is 18.2 Å². The first-order valence-electron chi connectivity index (χ1n) is 7.02. The van der Waals surface area contributed by atoms with Gasteiger partial charge in [0.05, 0.1) is 18.4 Å². The highest BCUT2D eigenvalue weighted by atomic mass is 19.1. The molecule has 2 unspecified atom stereocenters. The van der Waals surface area contributed by atoms with Crippen molar-refractivity contribution in [3.63, 3.8) is 0 Å². The van der Waals surface area contributed by atoms with Crippen LogP contribution < -0.4 is 5.73 Å². The maximum atomic E-state index is 13.8. The summed E-state index contributed by atoms with van der Waals surface area (Å²) in [5.41, 5.74) is 6.62. The van der Waals surface area contributed by atoms with E-state index >= 15 is 0 Å². The van der Waals surface area contributed by atoms with E-state index in [-0.39, 0.29) is 17.6 Å². The Hall–Kier alpha value is -1.09. The number of halogens is 1. The SMILES string of the molecule is CC1CC(OCc2cccc(N)c2F)CC(C)(C)C1. The summed E-state index contributed by atoms with van der Waals surface area (Å²) in [6.07, 6.45) is 3.56. The summed E-state index contributed by atoms with van der Waals surface area (Å²) in [6, 6.07) is 5.08. The summed E-state index contributed by atoms with van der Waals surface area (Å²) >= 11 is 0. The van der Waals surface area contributed by atoms with Gasteiger partial charge in [-0.2, -0.15) is 0 Å². The largest absolute Gasteiger partial charge is 0.396 e. The van der Waals surface area contributed by atoms with Gasteiger partial charge in [0.15, 0.2) is 5.82 Å². The van der Waals surface area contributed by atoms with Crippen LogP contribution in [0.2, 0.25) is 0 Å². The highest BCUT2D eigenvalue weighted by Gasteiger charge is 2.32. The second-order valence-corrected chi connectivity index (χ2v) is 6.67. The molecule has 106 valence electrons. The molecule has 0 radical (unpaired) electrons. The van der Waals surface area contributed by atoms with E-state index in [2.05, 4.69) is 20.8 Å². The van der Waals surface area contributed by atoms with E-state index in [4.69, 9.17) is 10.5 Å². The lowest BCUT2D eigenvalue weighted by Crippen LogP contribution is -2.32. The van der Waals surface area contributed by atoms with Gasteiger partial charge in [-0.15, -0.1) is 0 Å². The quantitative estimate of drug-likeness (QED) is 0.834. The number of rotatable bonds is 3. The molecule has 1 aromatic rings. The van der Waals surface area contributed by atoms with Crippen molar-refractivity contribution < 1.29 is 9.13 Å². The van der Waals surface area contributed by atoms with Crippen LogP contribution in [0.25, 0.3) is 0 Å². The number of anilines is 1. The minimum Gasteiger partial charge on any atom is -0.396 e. The Morgan fingerprint density at radius 2 is 2.11 bits per heavy atom. The minimum atomic E-state index is -0.342. The highest BCUT2D eigenvalue weighted by Crippen LogP contribution is 2.39. The first-order valence-corrected chi connectivity index (χ1v) is 7.02.